The summed E-state index contributed by atoms with van der Waals surface area (Å²) in [5, 5.41) is 40.0. The molecule has 0 spiro atoms. The predicted molar refractivity (Wildman–Crippen MR) is 71.0 cm³/mol. The Bertz CT molecular complexity index is 654. The first-order valence-electron chi connectivity index (χ1n) is 5.28. The molecule has 0 unspecified atom stereocenters. The lowest BCUT2D eigenvalue weighted by Gasteiger charge is -2.21. The number of benzene rings is 1. The Hall–Kier alpha value is -3.63. The molecule has 0 bridgehead atoms. The Balaban J connectivity index is 3.49. The molecule has 1 aromatic rings. The first-order chi connectivity index (χ1) is 10.6. The summed E-state index contributed by atoms with van der Waals surface area (Å²) in [6.07, 6.45) is 0. The van der Waals surface area contributed by atoms with Crippen molar-refractivity contribution in [3.05, 3.63) is 42.5 Å². The van der Waals surface area contributed by atoms with Gasteiger partial charge in [0.25, 0.3) is 11.6 Å². The number of hydrogen-bond donors (Lipinski definition) is 4. The molecule has 0 saturated carbocycles. The quantitative estimate of drug-likeness (QED) is 0.164. The van der Waals surface area contributed by atoms with E-state index in [-0.39, 0.29) is 10.3 Å². The Morgan fingerprint density at radius 1 is 1.00 bits per heavy atom. The third kappa shape index (κ3) is 3.72. The van der Waals surface area contributed by atoms with Crippen molar-refractivity contribution in [2.75, 3.05) is 0 Å². The Morgan fingerprint density at radius 2 is 1.43 bits per heavy atom. The van der Waals surface area contributed by atoms with E-state index in [1.165, 1.54) is 0 Å². The molecule has 0 saturated heterocycles. The van der Waals surface area contributed by atoms with Crippen molar-refractivity contribution in [3.8, 4) is 5.75 Å². The highest BCUT2D eigenvalue weighted by Crippen LogP contribution is 2.40. The van der Waals surface area contributed by atoms with Gasteiger partial charge in [0.05, 0.1) is 26.9 Å². The molecule has 1 rings (SSSR count). The maximum absolute atomic E-state index is 11.0. The van der Waals surface area contributed by atoms with Crippen LogP contribution in [0, 0.1) is 35.8 Å². The number of hydrogen-bond acceptors (Lipinski definition) is 11. The summed E-state index contributed by atoms with van der Waals surface area (Å²) in [7, 11) is 0. The van der Waals surface area contributed by atoms with Crippen molar-refractivity contribution in [1.29, 1.82) is 5.41 Å². The molecule has 0 heterocycles. The van der Waals surface area contributed by atoms with Gasteiger partial charge in [-0.25, -0.2) is 22.6 Å². The van der Waals surface area contributed by atoms with Crippen molar-refractivity contribution >= 4 is 23.0 Å². The average molecular weight is 331 g/mol. The fourth-order valence-corrected chi connectivity index (χ4v) is 1.31. The molecule has 23 heavy (non-hydrogen) atoms. The standard InChI is InChI=1S/C7H9N9O7/c8-7(12(9)10)13(11)23-6-4(15(19)20)1-3(14(17)18)2-5(6)16(21)22/h1-2,8H,9-11H2. The smallest absolute Gasteiger partial charge is 0.328 e. The van der Waals surface area contributed by atoms with Gasteiger partial charge in [-0.05, 0) is 0 Å². The van der Waals surface area contributed by atoms with E-state index >= 15 is 0 Å². The molecule has 1 aromatic carbocycles. The van der Waals surface area contributed by atoms with Crippen molar-refractivity contribution in [2.45, 2.75) is 0 Å². The summed E-state index contributed by atoms with van der Waals surface area (Å²) >= 11 is 0. The Labute approximate surface area is 125 Å². The first kappa shape index (κ1) is 17.4. The van der Waals surface area contributed by atoms with E-state index in [0.29, 0.717) is 12.1 Å². The van der Waals surface area contributed by atoms with Crippen LogP contribution in [0.25, 0.3) is 0 Å². The predicted octanol–water partition coefficient (Wildman–Crippen LogP) is -1.14. The minimum Gasteiger partial charge on any atom is -0.346 e. The molecule has 0 aliphatic heterocycles. The summed E-state index contributed by atoms with van der Waals surface area (Å²) in [5.41, 5.74) is -3.14. The molecule has 16 nitrogen and oxygen atoms in total. The highest BCUT2D eigenvalue weighted by atomic mass is 16.7. The van der Waals surface area contributed by atoms with Crippen LogP contribution in [0.2, 0.25) is 0 Å². The number of rotatable bonds is 5. The summed E-state index contributed by atoms with van der Waals surface area (Å²) < 4.78 is 0. The number of nitro benzene ring substituents is 3. The van der Waals surface area contributed by atoms with Gasteiger partial charge in [0.2, 0.25) is 0 Å². The van der Waals surface area contributed by atoms with Gasteiger partial charge >= 0.3 is 17.1 Å². The number of hydrazine groups is 3. The number of hydroxylamine groups is 1. The molecular formula is C7H9N9O7. The minimum atomic E-state index is -1.16. The van der Waals surface area contributed by atoms with Gasteiger partial charge in [0, 0.05) is 0 Å². The second kappa shape index (κ2) is 6.43. The summed E-state index contributed by atoms with van der Waals surface area (Å²) in [6, 6.07) is 0.866. The Kier molecular flexibility index (Phi) is 4.87. The van der Waals surface area contributed by atoms with Crippen LogP contribution in [0.5, 0.6) is 5.75 Å². The highest BCUT2D eigenvalue weighted by Gasteiger charge is 2.34. The lowest BCUT2D eigenvalue weighted by Crippen LogP contribution is -2.55. The van der Waals surface area contributed by atoms with E-state index in [1.807, 2.05) is 0 Å². The molecule has 0 fully saturated rings. The molecule has 7 N–H and O–H groups in total. The van der Waals surface area contributed by atoms with Crippen LogP contribution in [-0.2, 0) is 0 Å². The lowest BCUT2D eigenvalue weighted by molar-refractivity contribution is -0.405. The van der Waals surface area contributed by atoms with E-state index in [1.54, 1.807) is 0 Å². The molecular weight excluding hydrogens is 322 g/mol. The maximum Gasteiger partial charge on any atom is 0.328 e. The van der Waals surface area contributed by atoms with E-state index in [2.05, 4.69) is 4.84 Å². The van der Waals surface area contributed by atoms with Gasteiger partial charge in [-0.2, -0.15) is 0 Å². The van der Waals surface area contributed by atoms with Gasteiger partial charge in [-0.1, -0.05) is 0 Å². The third-order valence-corrected chi connectivity index (χ3v) is 2.28. The van der Waals surface area contributed by atoms with E-state index < -0.39 is 43.5 Å². The number of nitrogens with zero attached hydrogens (tertiary/aromatic N) is 5. The van der Waals surface area contributed by atoms with Gasteiger partial charge in [-0.3, -0.25) is 35.8 Å². The normalized spacial score (nSPS) is 9.87. The summed E-state index contributed by atoms with van der Waals surface area (Å²) in [6.45, 7) is 0. The monoisotopic (exact) mass is 331 g/mol. The van der Waals surface area contributed by atoms with Crippen LogP contribution in [0.15, 0.2) is 12.1 Å². The van der Waals surface area contributed by atoms with Crippen LogP contribution < -0.4 is 22.4 Å². The van der Waals surface area contributed by atoms with Crippen LogP contribution in [-0.4, -0.2) is 31.0 Å². The fourth-order valence-electron chi connectivity index (χ4n) is 1.31. The minimum absolute atomic E-state index is 0.00116. The molecule has 16 heteroatoms. The summed E-state index contributed by atoms with van der Waals surface area (Å²) in [5.74, 6) is 13.2. The SMILES string of the molecule is N=C(N(N)N)N(N)Oc1c([N+](=O)[O-])cc([N+](=O)[O-])cc1[N+](=O)[O-]. The van der Waals surface area contributed by atoms with E-state index in [4.69, 9.17) is 22.9 Å². The van der Waals surface area contributed by atoms with Crippen LogP contribution in [0.3, 0.4) is 0 Å². The lowest BCUT2D eigenvalue weighted by atomic mass is 10.2. The van der Waals surface area contributed by atoms with Crippen LogP contribution in [0.4, 0.5) is 17.1 Å². The first-order valence-corrected chi connectivity index (χ1v) is 5.28. The van der Waals surface area contributed by atoms with Crippen LogP contribution in [0.1, 0.15) is 0 Å². The Morgan fingerprint density at radius 3 is 1.74 bits per heavy atom. The van der Waals surface area contributed by atoms with Crippen molar-refractivity contribution in [1.82, 2.24) is 10.3 Å². The van der Waals surface area contributed by atoms with Gasteiger partial charge in [0.15, 0.2) is 0 Å². The van der Waals surface area contributed by atoms with Gasteiger partial charge in [-0.15, -0.1) is 5.17 Å². The fraction of sp³-hybridized carbons (Fsp3) is 0. The average Bonchev–Trinajstić information content (AvgIpc) is 2.45. The molecule has 0 radical (unpaired) electrons. The number of nitro groups is 3. The van der Waals surface area contributed by atoms with E-state index in [0.717, 1.165) is 0 Å². The zero-order valence-electron chi connectivity index (χ0n) is 11.0. The number of nitrogens with one attached hydrogen (secondary N) is 1. The zero-order chi connectivity index (χ0) is 17.9. The number of non-ortho nitro benzene ring substituents is 1. The second-order valence-corrected chi connectivity index (χ2v) is 3.73. The van der Waals surface area contributed by atoms with Crippen molar-refractivity contribution in [2.24, 2.45) is 17.5 Å². The molecule has 124 valence electrons. The largest absolute Gasteiger partial charge is 0.346 e. The topological polar surface area (TPSA) is 247 Å². The number of guanidine groups is 1. The molecule has 0 amide bonds. The van der Waals surface area contributed by atoms with Crippen LogP contribution >= 0.6 is 0 Å². The molecule has 0 aromatic heterocycles. The third-order valence-electron chi connectivity index (χ3n) is 2.28. The summed E-state index contributed by atoms with van der Waals surface area (Å²) in [4.78, 5) is 33.9. The molecule has 0 aliphatic rings. The maximum atomic E-state index is 11.0. The van der Waals surface area contributed by atoms with E-state index in [9.17, 15) is 30.3 Å². The molecule has 0 atom stereocenters. The van der Waals surface area contributed by atoms with Gasteiger partial charge < -0.3 is 4.84 Å². The van der Waals surface area contributed by atoms with Crippen molar-refractivity contribution in [3.63, 3.8) is 0 Å². The number of nitrogens with two attached hydrogens (primary N) is 3. The highest BCUT2D eigenvalue weighted by molar-refractivity contribution is 5.74. The zero-order valence-corrected chi connectivity index (χ0v) is 11.0. The molecule has 0 aliphatic carbocycles. The van der Waals surface area contributed by atoms with Crippen molar-refractivity contribution < 1.29 is 19.6 Å². The second-order valence-electron chi connectivity index (χ2n) is 3.73. The van der Waals surface area contributed by atoms with Gasteiger partial charge in [0.1, 0.15) is 0 Å².